The summed E-state index contributed by atoms with van der Waals surface area (Å²) < 4.78 is 27.3. The molecule has 8 heteroatoms. The van der Waals surface area contributed by atoms with Crippen molar-refractivity contribution in [1.29, 1.82) is 0 Å². The van der Waals surface area contributed by atoms with E-state index in [0.717, 1.165) is 18.5 Å². The molecular weight excluding hydrogens is 400 g/mol. The van der Waals surface area contributed by atoms with Crippen molar-refractivity contribution in [2.45, 2.75) is 23.8 Å². The highest BCUT2D eigenvalue weighted by atomic mass is 32.2. The van der Waals surface area contributed by atoms with Crippen molar-refractivity contribution in [1.82, 2.24) is 15.2 Å². The van der Waals surface area contributed by atoms with Crippen LogP contribution in [0.25, 0.3) is 0 Å². The van der Waals surface area contributed by atoms with E-state index in [0.29, 0.717) is 24.5 Å². The molecule has 30 heavy (non-hydrogen) atoms. The monoisotopic (exact) mass is 428 g/mol. The molecule has 0 saturated carbocycles. The fourth-order valence-corrected chi connectivity index (χ4v) is 5.94. The summed E-state index contributed by atoms with van der Waals surface area (Å²) in [6.07, 6.45) is 1.45. The SMILES string of the molecule is CN(C(=O)C1CNNC1C1CCN(S(=O)(=O)c2ccccc2)CC1)c1ccccc1. The quantitative estimate of drug-likeness (QED) is 0.760. The predicted octanol–water partition coefficient (Wildman–Crippen LogP) is 1.84. The molecule has 0 aliphatic carbocycles. The maximum atomic E-state index is 13.1. The molecule has 2 aliphatic rings. The van der Waals surface area contributed by atoms with Crippen LogP contribution < -0.4 is 15.8 Å². The third-order valence-corrected chi connectivity index (χ3v) is 8.12. The predicted molar refractivity (Wildman–Crippen MR) is 116 cm³/mol. The largest absolute Gasteiger partial charge is 0.315 e. The molecule has 2 fully saturated rings. The Kier molecular flexibility index (Phi) is 6.19. The Hall–Kier alpha value is -2.26. The number of hydrogen-bond acceptors (Lipinski definition) is 5. The minimum Gasteiger partial charge on any atom is -0.315 e. The summed E-state index contributed by atoms with van der Waals surface area (Å²) in [5.41, 5.74) is 7.30. The van der Waals surface area contributed by atoms with Crippen LogP contribution in [0.4, 0.5) is 5.69 Å². The second kappa shape index (κ2) is 8.85. The number of hydrogen-bond donors (Lipinski definition) is 2. The third kappa shape index (κ3) is 4.13. The summed E-state index contributed by atoms with van der Waals surface area (Å²) in [5, 5.41) is 0. The lowest BCUT2D eigenvalue weighted by Gasteiger charge is -2.36. The molecule has 0 bridgehead atoms. The molecule has 1 amide bonds. The van der Waals surface area contributed by atoms with Crippen LogP contribution in [0.1, 0.15) is 12.8 Å². The molecule has 7 nitrogen and oxygen atoms in total. The van der Waals surface area contributed by atoms with E-state index in [-0.39, 0.29) is 23.8 Å². The molecule has 2 aromatic rings. The van der Waals surface area contributed by atoms with Crippen LogP contribution in [0.2, 0.25) is 0 Å². The Balaban J connectivity index is 1.41. The summed E-state index contributed by atoms with van der Waals surface area (Å²) in [6, 6.07) is 18.2. The van der Waals surface area contributed by atoms with E-state index in [4.69, 9.17) is 0 Å². The highest BCUT2D eigenvalue weighted by molar-refractivity contribution is 7.89. The summed E-state index contributed by atoms with van der Waals surface area (Å²) in [7, 11) is -1.66. The van der Waals surface area contributed by atoms with E-state index >= 15 is 0 Å². The third-order valence-electron chi connectivity index (χ3n) is 6.20. The molecular formula is C22H28N4O3S. The lowest BCUT2D eigenvalue weighted by Crippen LogP contribution is -2.49. The number of benzene rings is 2. The van der Waals surface area contributed by atoms with Gasteiger partial charge in [-0.15, -0.1) is 0 Å². The number of carbonyl (C=O) groups is 1. The fourth-order valence-electron chi connectivity index (χ4n) is 4.45. The van der Waals surface area contributed by atoms with E-state index < -0.39 is 10.0 Å². The van der Waals surface area contributed by atoms with Crippen LogP contribution in [0.5, 0.6) is 0 Å². The van der Waals surface area contributed by atoms with Gasteiger partial charge in [-0.1, -0.05) is 36.4 Å². The molecule has 2 heterocycles. The van der Waals surface area contributed by atoms with E-state index in [1.165, 1.54) is 0 Å². The van der Waals surface area contributed by atoms with Gasteiger partial charge in [-0.05, 0) is 43.0 Å². The molecule has 2 saturated heterocycles. The number of rotatable bonds is 5. The maximum Gasteiger partial charge on any atom is 0.243 e. The zero-order chi connectivity index (χ0) is 21.1. The number of para-hydroxylation sites is 1. The number of carbonyl (C=O) groups excluding carboxylic acids is 1. The molecule has 2 aliphatic heterocycles. The molecule has 160 valence electrons. The van der Waals surface area contributed by atoms with Gasteiger partial charge in [-0.3, -0.25) is 15.6 Å². The summed E-state index contributed by atoms with van der Waals surface area (Å²) >= 11 is 0. The van der Waals surface area contributed by atoms with Crippen LogP contribution in [-0.4, -0.2) is 51.4 Å². The van der Waals surface area contributed by atoms with Gasteiger partial charge in [-0.2, -0.15) is 4.31 Å². The number of piperidine rings is 1. The highest BCUT2D eigenvalue weighted by Crippen LogP contribution is 2.30. The molecule has 0 spiro atoms. The molecule has 4 rings (SSSR count). The number of sulfonamides is 1. The lowest BCUT2D eigenvalue weighted by atomic mass is 9.83. The van der Waals surface area contributed by atoms with Crippen molar-refractivity contribution in [3.8, 4) is 0 Å². The normalized spacial score (nSPS) is 23.4. The number of anilines is 1. The van der Waals surface area contributed by atoms with Gasteiger partial charge >= 0.3 is 0 Å². The van der Waals surface area contributed by atoms with Crippen molar-refractivity contribution in [2.75, 3.05) is 31.6 Å². The first-order valence-corrected chi connectivity index (χ1v) is 11.8. The number of nitrogens with zero attached hydrogens (tertiary/aromatic N) is 2. The maximum absolute atomic E-state index is 13.1. The topological polar surface area (TPSA) is 81.8 Å². The Bertz CT molecular complexity index is 960. The van der Waals surface area contributed by atoms with Crippen molar-refractivity contribution >= 4 is 21.6 Å². The highest BCUT2D eigenvalue weighted by Gasteiger charge is 2.41. The van der Waals surface area contributed by atoms with E-state index in [2.05, 4.69) is 10.9 Å². The average Bonchev–Trinajstić information content (AvgIpc) is 3.29. The molecule has 2 aromatic carbocycles. The molecule has 2 unspecified atom stereocenters. The van der Waals surface area contributed by atoms with E-state index in [1.807, 2.05) is 43.4 Å². The van der Waals surface area contributed by atoms with Crippen LogP contribution in [0.3, 0.4) is 0 Å². The Morgan fingerprint density at radius 1 is 1.00 bits per heavy atom. The molecule has 2 N–H and O–H groups in total. The van der Waals surface area contributed by atoms with Crippen LogP contribution in [0, 0.1) is 11.8 Å². The van der Waals surface area contributed by atoms with Crippen LogP contribution >= 0.6 is 0 Å². The second-order valence-corrected chi connectivity index (χ2v) is 9.88. The van der Waals surface area contributed by atoms with Gasteiger partial charge in [0.2, 0.25) is 15.9 Å². The Morgan fingerprint density at radius 3 is 2.23 bits per heavy atom. The van der Waals surface area contributed by atoms with Gasteiger partial charge in [-0.25, -0.2) is 8.42 Å². The minimum absolute atomic E-state index is 0.00904. The summed E-state index contributed by atoms with van der Waals surface area (Å²) in [6.45, 7) is 1.51. The lowest BCUT2D eigenvalue weighted by molar-refractivity contribution is -0.122. The van der Waals surface area contributed by atoms with Gasteiger partial charge in [0.1, 0.15) is 0 Å². The number of nitrogens with one attached hydrogen (secondary N) is 2. The van der Waals surface area contributed by atoms with E-state index in [9.17, 15) is 13.2 Å². The summed E-state index contributed by atoms with van der Waals surface area (Å²) in [5.74, 6) is 0.126. The van der Waals surface area contributed by atoms with Crippen molar-refractivity contribution in [2.24, 2.45) is 11.8 Å². The van der Waals surface area contributed by atoms with Crippen LogP contribution in [-0.2, 0) is 14.8 Å². The molecule has 0 radical (unpaired) electrons. The van der Waals surface area contributed by atoms with Gasteiger partial charge < -0.3 is 4.90 Å². The number of amides is 1. The first-order chi connectivity index (χ1) is 14.5. The van der Waals surface area contributed by atoms with Gasteiger partial charge in [0, 0.05) is 38.4 Å². The molecule has 0 aromatic heterocycles. The summed E-state index contributed by atoms with van der Waals surface area (Å²) in [4.78, 5) is 15.2. The minimum atomic E-state index is -3.47. The second-order valence-electron chi connectivity index (χ2n) is 7.94. The van der Waals surface area contributed by atoms with E-state index in [1.54, 1.807) is 33.5 Å². The van der Waals surface area contributed by atoms with Crippen molar-refractivity contribution in [3.63, 3.8) is 0 Å². The zero-order valence-electron chi connectivity index (χ0n) is 17.1. The standard InChI is InChI=1S/C22H28N4O3S/c1-25(18-8-4-2-5-9-18)22(27)20-16-23-24-21(20)17-12-14-26(15-13-17)30(28,29)19-10-6-3-7-11-19/h2-11,17,20-21,23-24H,12-16H2,1H3. The Labute approximate surface area is 178 Å². The van der Waals surface area contributed by atoms with Gasteiger partial charge in [0.05, 0.1) is 10.8 Å². The average molecular weight is 429 g/mol. The fraction of sp³-hybridized carbons (Fsp3) is 0.409. The van der Waals surface area contributed by atoms with Crippen LogP contribution in [0.15, 0.2) is 65.6 Å². The van der Waals surface area contributed by atoms with Gasteiger partial charge in [0.25, 0.3) is 0 Å². The van der Waals surface area contributed by atoms with Crippen molar-refractivity contribution < 1.29 is 13.2 Å². The first kappa shape index (κ1) is 21.0. The number of hydrazine groups is 1. The Morgan fingerprint density at radius 2 is 1.60 bits per heavy atom. The first-order valence-electron chi connectivity index (χ1n) is 10.3. The van der Waals surface area contributed by atoms with Crippen molar-refractivity contribution in [3.05, 3.63) is 60.7 Å². The molecule has 2 atom stereocenters. The van der Waals surface area contributed by atoms with Gasteiger partial charge in [0.15, 0.2) is 0 Å². The smallest absolute Gasteiger partial charge is 0.243 e. The zero-order valence-corrected chi connectivity index (χ0v) is 17.9.